The topological polar surface area (TPSA) is 96.7 Å². The molecule has 2 heterocycles. The number of anilines is 2. The van der Waals surface area contributed by atoms with Crippen molar-refractivity contribution < 1.29 is 9.66 Å². The number of ether oxygens (including phenoxy) is 1. The van der Waals surface area contributed by atoms with Crippen LogP contribution in [0.1, 0.15) is 0 Å². The van der Waals surface area contributed by atoms with Crippen molar-refractivity contribution in [3.8, 4) is 0 Å². The Labute approximate surface area is 123 Å². The van der Waals surface area contributed by atoms with E-state index in [1.54, 1.807) is 0 Å². The number of hydrogen-bond donors (Lipinski definition) is 1. The van der Waals surface area contributed by atoms with Crippen LogP contribution >= 0.6 is 0 Å². The van der Waals surface area contributed by atoms with E-state index in [2.05, 4.69) is 15.3 Å². The van der Waals surface area contributed by atoms with Crippen molar-refractivity contribution in [2.45, 2.75) is 0 Å². The van der Waals surface area contributed by atoms with Crippen LogP contribution in [-0.4, -0.2) is 73.3 Å². The number of nitrogens with zero attached hydrogens (tertiary/aromatic N) is 5. The summed E-state index contributed by atoms with van der Waals surface area (Å²) in [6.45, 7) is 3.61. The van der Waals surface area contributed by atoms with Crippen molar-refractivity contribution in [3.63, 3.8) is 0 Å². The van der Waals surface area contributed by atoms with Gasteiger partial charge >= 0.3 is 5.69 Å². The average molecular weight is 296 g/mol. The van der Waals surface area contributed by atoms with Gasteiger partial charge in [0, 0.05) is 26.2 Å². The molecule has 0 unspecified atom stereocenters. The van der Waals surface area contributed by atoms with Gasteiger partial charge in [-0.3, -0.25) is 10.1 Å². The van der Waals surface area contributed by atoms with E-state index >= 15 is 0 Å². The molecule has 9 heteroatoms. The molecule has 2 rings (SSSR count). The minimum absolute atomic E-state index is 0.0712. The van der Waals surface area contributed by atoms with Crippen LogP contribution in [0.4, 0.5) is 17.3 Å². The fraction of sp³-hybridized carbons (Fsp3) is 0.667. The summed E-state index contributed by atoms with van der Waals surface area (Å²) in [5, 5.41) is 14.4. The summed E-state index contributed by atoms with van der Waals surface area (Å²) in [6.07, 6.45) is 1.36. The van der Waals surface area contributed by atoms with Gasteiger partial charge in [-0.25, -0.2) is 9.97 Å². The highest BCUT2D eigenvalue weighted by atomic mass is 16.6. The molecule has 0 saturated carbocycles. The molecular weight excluding hydrogens is 276 g/mol. The summed E-state index contributed by atoms with van der Waals surface area (Å²) in [5.74, 6) is 0.615. The van der Waals surface area contributed by atoms with E-state index < -0.39 is 4.92 Å². The Kier molecular flexibility index (Phi) is 5.23. The van der Waals surface area contributed by atoms with E-state index in [-0.39, 0.29) is 11.5 Å². The Balaban J connectivity index is 2.21. The predicted molar refractivity (Wildman–Crippen MR) is 78.8 cm³/mol. The summed E-state index contributed by atoms with van der Waals surface area (Å²) in [5.41, 5.74) is -0.0712. The fourth-order valence-electron chi connectivity index (χ4n) is 2.07. The molecule has 0 spiro atoms. The number of hydrogen-bond acceptors (Lipinski definition) is 8. The molecule has 9 nitrogen and oxygen atoms in total. The summed E-state index contributed by atoms with van der Waals surface area (Å²) < 4.78 is 5.27. The molecule has 1 aromatic heterocycles. The first-order valence-electron chi connectivity index (χ1n) is 6.80. The molecule has 1 saturated heterocycles. The lowest BCUT2D eigenvalue weighted by molar-refractivity contribution is -0.383. The summed E-state index contributed by atoms with van der Waals surface area (Å²) in [4.78, 5) is 22.9. The lowest BCUT2D eigenvalue weighted by Gasteiger charge is -2.27. The molecule has 0 bridgehead atoms. The second-order valence-electron chi connectivity index (χ2n) is 4.98. The second-order valence-corrected chi connectivity index (χ2v) is 4.98. The molecule has 116 valence electrons. The quantitative estimate of drug-likeness (QED) is 0.587. The number of aromatic nitrogens is 2. The lowest BCUT2D eigenvalue weighted by Crippen LogP contribution is -2.37. The molecule has 0 radical (unpaired) electrons. The monoisotopic (exact) mass is 296 g/mol. The van der Waals surface area contributed by atoms with Crippen molar-refractivity contribution in [1.82, 2.24) is 14.9 Å². The first-order chi connectivity index (χ1) is 10.1. The minimum Gasteiger partial charge on any atom is -0.378 e. The fourth-order valence-corrected chi connectivity index (χ4v) is 2.07. The zero-order valence-corrected chi connectivity index (χ0v) is 12.3. The van der Waals surface area contributed by atoms with Crippen molar-refractivity contribution in [2.75, 3.05) is 63.7 Å². The molecule has 1 N–H and O–H groups in total. The molecule has 0 aliphatic carbocycles. The van der Waals surface area contributed by atoms with Crippen LogP contribution in [0, 0.1) is 10.1 Å². The molecule has 1 aliphatic rings. The Morgan fingerprint density at radius 1 is 1.43 bits per heavy atom. The highest BCUT2D eigenvalue weighted by Crippen LogP contribution is 2.31. The largest absolute Gasteiger partial charge is 0.378 e. The van der Waals surface area contributed by atoms with E-state index in [1.807, 2.05) is 23.9 Å². The van der Waals surface area contributed by atoms with Gasteiger partial charge < -0.3 is 19.9 Å². The van der Waals surface area contributed by atoms with Gasteiger partial charge in [0.05, 0.1) is 18.1 Å². The van der Waals surface area contributed by atoms with Crippen molar-refractivity contribution in [3.05, 3.63) is 16.4 Å². The van der Waals surface area contributed by atoms with Crippen LogP contribution in [-0.2, 0) is 4.74 Å². The van der Waals surface area contributed by atoms with Gasteiger partial charge in [-0.1, -0.05) is 0 Å². The average Bonchev–Trinajstić information content (AvgIpc) is 2.47. The minimum atomic E-state index is -0.428. The van der Waals surface area contributed by atoms with Crippen molar-refractivity contribution in [1.29, 1.82) is 0 Å². The third-order valence-electron chi connectivity index (χ3n) is 3.15. The smallest absolute Gasteiger partial charge is 0.353 e. The predicted octanol–water partition coefficient (Wildman–Crippen LogP) is 0.195. The van der Waals surface area contributed by atoms with Crippen molar-refractivity contribution in [2.24, 2.45) is 0 Å². The van der Waals surface area contributed by atoms with E-state index in [4.69, 9.17) is 4.74 Å². The highest BCUT2D eigenvalue weighted by Gasteiger charge is 2.27. The number of nitrogens with one attached hydrogen (secondary N) is 1. The van der Waals surface area contributed by atoms with Crippen molar-refractivity contribution >= 4 is 17.3 Å². The van der Waals surface area contributed by atoms with Gasteiger partial charge in [0.2, 0.25) is 11.6 Å². The number of nitro groups is 1. The van der Waals surface area contributed by atoms with Gasteiger partial charge in [0.1, 0.15) is 6.33 Å². The van der Waals surface area contributed by atoms with Crippen LogP contribution in [0.3, 0.4) is 0 Å². The molecule has 21 heavy (non-hydrogen) atoms. The van der Waals surface area contributed by atoms with E-state index in [0.717, 1.165) is 6.54 Å². The third-order valence-corrected chi connectivity index (χ3v) is 3.15. The van der Waals surface area contributed by atoms with Gasteiger partial charge in [0.25, 0.3) is 0 Å². The zero-order chi connectivity index (χ0) is 15.2. The Morgan fingerprint density at radius 3 is 2.76 bits per heavy atom. The lowest BCUT2D eigenvalue weighted by atomic mass is 10.3. The molecule has 1 aromatic rings. The van der Waals surface area contributed by atoms with Gasteiger partial charge in [-0.15, -0.1) is 0 Å². The van der Waals surface area contributed by atoms with Crippen LogP contribution in [0.2, 0.25) is 0 Å². The molecular formula is C12H20N6O3. The molecule has 1 aliphatic heterocycles. The maximum Gasteiger partial charge on any atom is 0.353 e. The van der Waals surface area contributed by atoms with E-state index in [0.29, 0.717) is 38.7 Å². The van der Waals surface area contributed by atoms with E-state index in [9.17, 15) is 10.1 Å². The third kappa shape index (κ3) is 3.99. The van der Waals surface area contributed by atoms with Gasteiger partial charge in [-0.05, 0) is 14.1 Å². The number of morpholine rings is 1. The maximum absolute atomic E-state index is 11.4. The zero-order valence-electron chi connectivity index (χ0n) is 12.3. The Hall–Kier alpha value is -2.00. The van der Waals surface area contributed by atoms with Crippen LogP contribution in [0.25, 0.3) is 0 Å². The molecule has 0 amide bonds. The van der Waals surface area contributed by atoms with Gasteiger partial charge in [-0.2, -0.15) is 0 Å². The molecule has 0 atom stereocenters. The first-order valence-corrected chi connectivity index (χ1v) is 6.80. The first kappa shape index (κ1) is 15.4. The maximum atomic E-state index is 11.4. The van der Waals surface area contributed by atoms with Crippen LogP contribution in [0.5, 0.6) is 0 Å². The Morgan fingerprint density at radius 2 is 2.14 bits per heavy atom. The highest BCUT2D eigenvalue weighted by molar-refractivity contribution is 5.70. The summed E-state index contributed by atoms with van der Waals surface area (Å²) >= 11 is 0. The van der Waals surface area contributed by atoms with Gasteiger partial charge in [0.15, 0.2) is 0 Å². The van der Waals surface area contributed by atoms with Crippen LogP contribution < -0.4 is 10.2 Å². The standard InChI is InChI=1S/C12H20N6O3/c1-16(2)4-3-13-11-10(18(19)20)12(15-9-14-11)17-5-7-21-8-6-17/h9H,3-8H2,1-2H3,(H,13,14,15). The summed E-state index contributed by atoms with van der Waals surface area (Å²) in [7, 11) is 3.88. The number of rotatable bonds is 6. The van der Waals surface area contributed by atoms with E-state index in [1.165, 1.54) is 6.33 Å². The summed E-state index contributed by atoms with van der Waals surface area (Å²) in [6, 6.07) is 0. The number of likely N-dealkylation sites (N-methyl/N-ethyl adjacent to an activating group) is 1. The molecule has 0 aromatic carbocycles. The second kappa shape index (κ2) is 7.14. The van der Waals surface area contributed by atoms with Crippen LogP contribution in [0.15, 0.2) is 6.33 Å². The Bertz CT molecular complexity index is 490. The normalized spacial score (nSPS) is 15.3. The SMILES string of the molecule is CN(C)CCNc1ncnc(N2CCOCC2)c1[N+](=O)[O-]. The molecule has 1 fully saturated rings.